The molecule has 1 amide bonds. The van der Waals surface area contributed by atoms with Gasteiger partial charge < -0.3 is 9.47 Å². The topological polar surface area (TPSA) is 60.1 Å². The van der Waals surface area contributed by atoms with Gasteiger partial charge in [0.05, 0.1) is 5.52 Å². The fourth-order valence-electron chi connectivity index (χ4n) is 4.95. The third-order valence-corrected chi connectivity index (χ3v) is 6.28. The third-order valence-electron chi connectivity index (χ3n) is 6.28. The van der Waals surface area contributed by atoms with E-state index in [-0.39, 0.29) is 17.4 Å². The highest BCUT2D eigenvalue weighted by Crippen LogP contribution is 2.37. The first-order chi connectivity index (χ1) is 13.4. The largest absolute Gasteiger partial charge is 0.342 e. The maximum Gasteiger partial charge on any atom is 0.251 e. The number of hydrogen-bond donors (Lipinski definition) is 0. The number of aromatic nitrogens is 3. The second-order valence-electron chi connectivity index (χ2n) is 8.33. The van der Waals surface area contributed by atoms with E-state index in [9.17, 15) is 9.59 Å². The van der Waals surface area contributed by atoms with Gasteiger partial charge in [0, 0.05) is 62.2 Å². The maximum atomic E-state index is 13.0. The molecule has 0 spiro atoms. The first kappa shape index (κ1) is 17.2. The van der Waals surface area contributed by atoms with E-state index in [0.29, 0.717) is 19.0 Å². The van der Waals surface area contributed by atoms with Crippen LogP contribution in [0.1, 0.15) is 30.5 Å². The van der Waals surface area contributed by atoms with Crippen LogP contribution in [0.5, 0.6) is 0 Å². The molecule has 0 N–H and O–H groups in total. The fourth-order valence-corrected chi connectivity index (χ4v) is 4.95. The number of carbonyl (C=O) groups is 1. The Labute approximate surface area is 163 Å². The summed E-state index contributed by atoms with van der Waals surface area (Å²) in [5.41, 5.74) is 5.01. The number of benzene rings is 1. The molecule has 6 nitrogen and oxygen atoms in total. The van der Waals surface area contributed by atoms with Crippen molar-refractivity contribution < 1.29 is 4.79 Å². The van der Waals surface area contributed by atoms with Crippen molar-refractivity contribution in [1.29, 1.82) is 0 Å². The number of nitrogens with zero attached hydrogens (tertiary/aromatic N) is 4. The Hall–Kier alpha value is -2.89. The van der Waals surface area contributed by atoms with Crippen LogP contribution >= 0.6 is 0 Å². The van der Waals surface area contributed by atoms with E-state index < -0.39 is 0 Å². The molecule has 2 aliphatic heterocycles. The Morgan fingerprint density at radius 1 is 1.14 bits per heavy atom. The highest BCUT2D eigenvalue weighted by atomic mass is 16.2. The van der Waals surface area contributed by atoms with Gasteiger partial charge >= 0.3 is 0 Å². The SMILES string of the molecule is CC(=O)N1C[C@@H]2C[C@H](C1)c1cc(-c3nn(C)c4ccc(C)cc34)cc(=O)n1C2. The number of carbonyl (C=O) groups excluding carboxylic acids is 1. The summed E-state index contributed by atoms with van der Waals surface area (Å²) in [6, 6.07) is 10.1. The van der Waals surface area contributed by atoms with Crippen molar-refractivity contribution in [3.05, 3.63) is 51.9 Å². The van der Waals surface area contributed by atoms with Crippen LogP contribution in [0, 0.1) is 12.8 Å². The molecular formula is C22H24N4O2. The van der Waals surface area contributed by atoms with Gasteiger partial charge in [-0.3, -0.25) is 14.3 Å². The van der Waals surface area contributed by atoms with Crippen LogP contribution < -0.4 is 5.56 Å². The van der Waals surface area contributed by atoms with Gasteiger partial charge in [-0.2, -0.15) is 5.10 Å². The van der Waals surface area contributed by atoms with E-state index in [1.54, 1.807) is 13.0 Å². The second-order valence-corrected chi connectivity index (χ2v) is 8.33. The van der Waals surface area contributed by atoms with Crippen molar-refractivity contribution in [3.63, 3.8) is 0 Å². The molecule has 0 aliphatic carbocycles. The molecule has 4 heterocycles. The molecule has 0 saturated carbocycles. The highest BCUT2D eigenvalue weighted by Gasteiger charge is 2.36. The molecule has 2 aliphatic rings. The summed E-state index contributed by atoms with van der Waals surface area (Å²) < 4.78 is 3.78. The number of piperidine rings is 1. The van der Waals surface area contributed by atoms with Crippen molar-refractivity contribution in [2.75, 3.05) is 13.1 Å². The van der Waals surface area contributed by atoms with Gasteiger partial charge in [0.25, 0.3) is 5.56 Å². The Bertz CT molecular complexity index is 1170. The van der Waals surface area contributed by atoms with Crippen LogP contribution in [0.3, 0.4) is 0 Å². The first-order valence-electron chi connectivity index (χ1n) is 9.84. The van der Waals surface area contributed by atoms with Gasteiger partial charge in [-0.1, -0.05) is 11.6 Å². The third kappa shape index (κ3) is 2.58. The molecule has 144 valence electrons. The molecule has 0 radical (unpaired) electrons. The van der Waals surface area contributed by atoms with Crippen LogP contribution in [0.2, 0.25) is 0 Å². The smallest absolute Gasteiger partial charge is 0.251 e. The van der Waals surface area contributed by atoms with Gasteiger partial charge in [0.2, 0.25) is 5.91 Å². The zero-order chi connectivity index (χ0) is 19.6. The van der Waals surface area contributed by atoms with Gasteiger partial charge in [-0.25, -0.2) is 0 Å². The average Bonchev–Trinajstić information content (AvgIpc) is 2.98. The molecule has 28 heavy (non-hydrogen) atoms. The molecule has 2 aromatic heterocycles. The summed E-state index contributed by atoms with van der Waals surface area (Å²) in [6.45, 7) is 5.83. The lowest BCUT2D eigenvalue weighted by Crippen LogP contribution is -2.48. The van der Waals surface area contributed by atoms with E-state index in [0.717, 1.165) is 40.8 Å². The summed E-state index contributed by atoms with van der Waals surface area (Å²) in [6.07, 6.45) is 1.04. The Morgan fingerprint density at radius 2 is 1.96 bits per heavy atom. The molecular weight excluding hydrogens is 352 g/mol. The molecule has 2 bridgehead atoms. The van der Waals surface area contributed by atoms with E-state index in [4.69, 9.17) is 5.10 Å². The maximum absolute atomic E-state index is 13.0. The van der Waals surface area contributed by atoms with Crippen LogP contribution in [0.25, 0.3) is 22.2 Å². The van der Waals surface area contributed by atoms with Crippen molar-refractivity contribution >= 4 is 16.8 Å². The highest BCUT2D eigenvalue weighted by molar-refractivity contribution is 5.93. The van der Waals surface area contributed by atoms with Gasteiger partial charge in [0.1, 0.15) is 5.69 Å². The summed E-state index contributed by atoms with van der Waals surface area (Å²) in [5, 5.41) is 5.78. The minimum atomic E-state index is 0.0323. The van der Waals surface area contributed by atoms with Crippen molar-refractivity contribution in [2.24, 2.45) is 13.0 Å². The molecule has 0 unspecified atom stereocenters. The van der Waals surface area contributed by atoms with Gasteiger partial charge in [0.15, 0.2) is 0 Å². The lowest BCUT2D eigenvalue weighted by atomic mass is 9.82. The van der Waals surface area contributed by atoms with Crippen molar-refractivity contribution in [1.82, 2.24) is 19.2 Å². The molecule has 3 aromatic rings. The van der Waals surface area contributed by atoms with E-state index in [1.807, 2.05) is 21.2 Å². The summed E-state index contributed by atoms with van der Waals surface area (Å²) >= 11 is 0. The number of aryl methyl sites for hydroxylation is 2. The van der Waals surface area contributed by atoms with Crippen LogP contribution in [-0.2, 0) is 18.4 Å². The number of likely N-dealkylation sites (tertiary alicyclic amines) is 1. The fraction of sp³-hybridized carbons (Fsp3) is 0.409. The van der Waals surface area contributed by atoms with Crippen LogP contribution in [-0.4, -0.2) is 38.2 Å². The molecule has 6 heteroatoms. The van der Waals surface area contributed by atoms with Crippen molar-refractivity contribution in [2.45, 2.75) is 32.7 Å². The van der Waals surface area contributed by atoms with E-state index in [1.165, 1.54) is 5.56 Å². The standard InChI is InChI=1S/C22H24N4O2/c1-13-4-5-19-18(6-13)22(23-24(19)3)16-8-20-17-7-15(10-25(12-17)14(2)27)11-26(20)21(28)9-16/h4-6,8-9,15,17H,7,10-12H2,1-3H3/t15-,17+/m0/s1. The number of amides is 1. The average molecular weight is 376 g/mol. The Balaban J connectivity index is 1.66. The number of fused-ring (bicyclic) bond motifs is 5. The zero-order valence-electron chi connectivity index (χ0n) is 16.5. The minimum absolute atomic E-state index is 0.0323. The summed E-state index contributed by atoms with van der Waals surface area (Å²) in [7, 11) is 1.93. The molecule has 1 saturated heterocycles. The van der Waals surface area contributed by atoms with Gasteiger partial charge in [-0.15, -0.1) is 0 Å². The molecule has 1 aromatic carbocycles. The second kappa shape index (κ2) is 6.06. The van der Waals surface area contributed by atoms with Crippen molar-refractivity contribution in [3.8, 4) is 11.3 Å². The number of hydrogen-bond acceptors (Lipinski definition) is 3. The predicted molar refractivity (Wildman–Crippen MR) is 108 cm³/mol. The van der Waals surface area contributed by atoms with E-state index in [2.05, 4.69) is 31.2 Å². The zero-order valence-corrected chi connectivity index (χ0v) is 16.5. The minimum Gasteiger partial charge on any atom is -0.342 e. The summed E-state index contributed by atoms with van der Waals surface area (Å²) in [5.74, 6) is 0.686. The molecule has 2 atom stereocenters. The van der Waals surface area contributed by atoms with E-state index >= 15 is 0 Å². The Morgan fingerprint density at radius 3 is 2.75 bits per heavy atom. The van der Waals surface area contributed by atoms with Crippen LogP contribution in [0.15, 0.2) is 35.1 Å². The van der Waals surface area contributed by atoms with Crippen LogP contribution in [0.4, 0.5) is 0 Å². The first-order valence-corrected chi connectivity index (χ1v) is 9.84. The Kier molecular flexibility index (Phi) is 3.73. The monoisotopic (exact) mass is 376 g/mol. The van der Waals surface area contributed by atoms with Gasteiger partial charge in [-0.05, 0) is 37.5 Å². The predicted octanol–water partition coefficient (Wildman–Crippen LogP) is 2.68. The normalized spacial score (nSPS) is 21.0. The molecule has 5 rings (SSSR count). The lowest BCUT2D eigenvalue weighted by molar-refractivity contribution is -0.131. The molecule has 1 fully saturated rings. The quantitative estimate of drug-likeness (QED) is 0.656. The number of rotatable bonds is 1. The lowest BCUT2D eigenvalue weighted by Gasteiger charge is -2.42. The summed E-state index contributed by atoms with van der Waals surface area (Å²) in [4.78, 5) is 26.8. The number of pyridine rings is 1.